The number of hydrogen-bond acceptors (Lipinski definition) is 5. The van der Waals surface area contributed by atoms with E-state index in [9.17, 15) is 10.1 Å². The SMILES string of the molecule is O=[N+]([O-])c1ccc(-n2[c]nnn2)cc1. The van der Waals surface area contributed by atoms with Crippen LogP contribution in [-0.4, -0.2) is 25.1 Å². The van der Waals surface area contributed by atoms with Gasteiger partial charge >= 0.3 is 0 Å². The third-order valence-corrected chi connectivity index (χ3v) is 1.62. The molecule has 7 heteroatoms. The van der Waals surface area contributed by atoms with Crippen molar-refractivity contribution in [1.29, 1.82) is 0 Å². The molecule has 0 atom stereocenters. The average molecular weight is 190 g/mol. The van der Waals surface area contributed by atoms with Crippen LogP contribution in [0.15, 0.2) is 24.3 Å². The molecule has 1 heterocycles. The predicted molar refractivity (Wildman–Crippen MR) is 44.6 cm³/mol. The first-order valence-corrected chi connectivity index (χ1v) is 3.68. The Hall–Kier alpha value is -2.31. The summed E-state index contributed by atoms with van der Waals surface area (Å²) in [5.41, 5.74) is 0.655. The Labute approximate surface area is 78.1 Å². The summed E-state index contributed by atoms with van der Waals surface area (Å²) in [6.45, 7) is 0. The first-order valence-electron chi connectivity index (χ1n) is 3.68. The van der Waals surface area contributed by atoms with Crippen LogP contribution in [0.4, 0.5) is 5.69 Å². The number of non-ortho nitro benzene ring substituents is 1. The van der Waals surface area contributed by atoms with Gasteiger partial charge < -0.3 is 0 Å². The summed E-state index contributed by atoms with van der Waals surface area (Å²) in [6, 6.07) is 5.85. The summed E-state index contributed by atoms with van der Waals surface area (Å²) in [7, 11) is 0. The van der Waals surface area contributed by atoms with E-state index in [1.54, 1.807) is 12.1 Å². The van der Waals surface area contributed by atoms with Crippen LogP contribution in [0.5, 0.6) is 0 Å². The fourth-order valence-electron chi connectivity index (χ4n) is 0.967. The molecule has 0 unspecified atom stereocenters. The molecule has 69 valence electrons. The predicted octanol–water partition coefficient (Wildman–Crippen LogP) is 0.371. The highest BCUT2D eigenvalue weighted by Gasteiger charge is 2.05. The lowest BCUT2D eigenvalue weighted by atomic mass is 10.3. The molecule has 0 N–H and O–H groups in total. The Kier molecular flexibility index (Phi) is 1.90. The largest absolute Gasteiger partial charge is 0.269 e. The van der Waals surface area contributed by atoms with E-state index in [0.717, 1.165) is 0 Å². The van der Waals surface area contributed by atoms with Crippen molar-refractivity contribution in [3.8, 4) is 5.69 Å². The number of aromatic nitrogens is 4. The highest BCUT2D eigenvalue weighted by Crippen LogP contribution is 2.13. The molecule has 1 aromatic heterocycles. The molecule has 0 aliphatic carbocycles. The van der Waals surface area contributed by atoms with E-state index in [1.165, 1.54) is 16.8 Å². The van der Waals surface area contributed by atoms with Crippen molar-refractivity contribution in [2.75, 3.05) is 0 Å². The molecular weight excluding hydrogens is 186 g/mol. The molecule has 2 rings (SSSR count). The molecule has 0 aliphatic rings. The molecular formula is C7H4N5O2. The van der Waals surface area contributed by atoms with E-state index in [1.807, 2.05) is 0 Å². The van der Waals surface area contributed by atoms with E-state index in [-0.39, 0.29) is 5.69 Å². The van der Waals surface area contributed by atoms with Crippen LogP contribution >= 0.6 is 0 Å². The third-order valence-electron chi connectivity index (χ3n) is 1.62. The lowest BCUT2D eigenvalue weighted by Crippen LogP contribution is -1.95. The molecule has 0 saturated heterocycles. The third kappa shape index (κ3) is 1.42. The van der Waals surface area contributed by atoms with Crippen molar-refractivity contribution in [2.45, 2.75) is 0 Å². The van der Waals surface area contributed by atoms with Gasteiger partial charge in [0.1, 0.15) is 0 Å². The van der Waals surface area contributed by atoms with Crippen LogP contribution in [-0.2, 0) is 0 Å². The van der Waals surface area contributed by atoms with E-state index < -0.39 is 4.92 Å². The molecule has 2 aromatic rings. The maximum Gasteiger partial charge on any atom is 0.269 e. The summed E-state index contributed by atoms with van der Waals surface area (Å²) in [4.78, 5) is 9.88. The second-order valence-electron chi connectivity index (χ2n) is 2.46. The molecule has 0 saturated carbocycles. The van der Waals surface area contributed by atoms with Crippen molar-refractivity contribution in [3.63, 3.8) is 0 Å². The maximum absolute atomic E-state index is 10.3. The molecule has 0 fully saturated rings. The smallest absolute Gasteiger partial charge is 0.258 e. The van der Waals surface area contributed by atoms with E-state index >= 15 is 0 Å². The molecule has 0 bridgehead atoms. The van der Waals surface area contributed by atoms with Crippen LogP contribution in [0, 0.1) is 16.4 Å². The minimum absolute atomic E-state index is 0.0295. The van der Waals surface area contributed by atoms with Crippen molar-refractivity contribution >= 4 is 5.69 Å². The Bertz CT molecular complexity index is 436. The maximum atomic E-state index is 10.3. The Balaban J connectivity index is 2.36. The van der Waals surface area contributed by atoms with Gasteiger partial charge in [0, 0.05) is 12.1 Å². The number of rotatable bonds is 2. The van der Waals surface area contributed by atoms with Crippen LogP contribution in [0.3, 0.4) is 0 Å². The van der Waals surface area contributed by atoms with Gasteiger partial charge in [-0.3, -0.25) is 10.1 Å². The second kappa shape index (κ2) is 3.21. The van der Waals surface area contributed by atoms with E-state index in [2.05, 4.69) is 21.9 Å². The summed E-state index contributed by atoms with van der Waals surface area (Å²) < 4.78 is 1.30. The van der Waals surface area contributed by atoms with Gasteiger partial charge in [0.2, 0.25) is 6.33 Å². The minimum Gasteiger partial charge on any atom is -0.258 e. The minimum atomic E-state index is -0.465. The summed E-state index contributed by atoms with van der Waals surface area (Å²) in [5, 5.41) is 20.7. The summed E-state index contributed by atoms with van der Waals surface area (Å²) in [6.07, 6.45) is 2.48. The monoisotopic (exact) mass is 190 g/mol. The number of nitro benzene ring substituents is 1. The van der Waals surface area contributed by atoms with Crippen molar-refractivity contribution in [2.24, 2.45) is 0 Å². The molecule has 7 nitrogen and oxygen atoms in total. The lowest BCUT2D eigenvalue weighted by molar-refractivity contribution is -0.384. The van der Waals surface area contributed by atoms with Crippen LogP contribution in [0.25, 0.3) is 5.69 Å². The molecule has 0 spiro atoms. The second-order valence-corrected chi connectivity index (χ2v) is 2.46. The van der Waals surface area contributed by atoms with Gasteiger partial charge in [-0.15, -0.1) is 5.10 Å². The van der Waals surface area contributed by atoms with Gasteiger partial charge in [0.25, 0.3) is 5.69 Å². The number of benzene rings is 1. The summed E-state index contributed by atoms with van der Waals surface area (Å²) >= 11 is 0. The van der Waals surface area contributed by atoms with E-state index in [4.69, 9.17) is 0 Å². The molecule has 14 heavy (non-hydrogen) atoms. The molecule has 1 aromatic carbocycles. The van der Waals surface area contributed by atoms with Gasteiger partial charge in [0.05, 0.1) is 10.6 Å². The normalized spacial score (nSPS) is 10.0. The molecule has 1 radical (unpaired) electrons. The average Bonchev–Trinajstić information content (AvgIpc) is 2.71. The van der Waals surface area contributed by atoms with E-state index in [0.29, 0.717) is 5.69 Å². The number of tetrazole rings is 1. The van der Waals surface area contributed by atoms with Gasteiger partial charge in [-0.25, -0.2) is 0 Å². The molecule has 0 amide bonds. The molecule has 0 aliphatic heterocycles. The topological polar surface area (TPSA) is 86.7 Å². The Morgan fingerprint density at radius 1 is 1.36 bits per heavy atom. The standard InChI is InChI=1S/C7H4N5O2/c13-12(14)7-3-1-6(2-4-7)11-5-8-9-10-11/h1-4H. The number of nitro groups is 1. The van der Waals surface area contributed by atoms with Crippen LogP contribution in [0.1, 0.15) is 0 Å². The fourth-order valence-corrected chi connectivity index (χ4v) is 0.967. The van der Waals surface area contributed by atoms with Crippen LogP contribution < -0.4 is 0 Å². The Morgan fingerprint density at radius 2 is 2.07 bits per heavy atom. The summed E-state index contributed by atoms with van der Waals surface area (Å²) in [5.74, 6) is 0. The lowest BCUT2D eigenvalue weighted by Gasteiger charge is -1.96. The number of hydrogen-bond donors (Lipinski definition) is 0. The van der Waals surface area contributed by atoms with Gasteiger partial charge in [-0.2, -0.15) is 4.68 Å². The zero-order valence-corrected chi connectivity index (χ0v) is 6.86. The van der Waals surface area contributed by atoms with Crippen molar-refractivity contribution in [1.82, 2.24) is 20.2 Å². The van der Waals surface area contributed by atoms with Gasteiger partial charge in [0.15, 0.2) is 0 Å². The highest BCUT2D eigenvalue weighted by molar-refractivity contribution is 5.39. The zero-order chi connectivity index (χ0) is 9.97. The number of nitrogens with zero attached hydrogens (tertiary/aromatic N) is 5. The van der Waals surface area contributed by atoms with Crippen molar-refractivity contribution < 1.29 is 4.92 Å². The van der Waals surface area contributed by atoms with Gasteiger partial charge in [-0.1, -0.05) is 0 Å². The Morgan fingerprint density at radius 3 is 2.57 bits per heavy atom. The van der Waals surface area contributed by atoms with Gasteiger partial charge in [-0.05, 0) is 22.6 Å². The zero-order valence-electron chi connectivity index (χ0n) is 6.86. The quantitative estimate of drug-likeness (QED) is 0.504. The van der Waals surface area contributed by atoms with Crippen LogP contribution in [0.2, 0.25) is 0 Å². The first-order chi connectivity index (χ1) is 6.77. The highest BCUT2D eigenvalue weighted by atomic mass is 16.6. The fraction of sp³-hybridized carbons (Fsp3) is 0. The van der Waals surface area contributed by atoms with Crippen molar-refractivity contribution in [3.05, 3.63) is 40.7 Å². The first kappa shape index (κ1) is 8.30.